The van der Waals surface area contributed by atoms with Crippen molar-refractivity contribution in [1.29, 1.82) is 0 Å². The molecular formula is C18H25NO4. The molecule has 5 heteroatoms. The number of hydrogen-bond donors (Lipinski definition) is 1. The highest BCUT2D eigenvalue weighted by Crippen LogP contribution is 2.37. The number of likely N-dealkylation sites (tertiary alicyclic amines) is 1. The van der Waals surface area contributed by atoms with Crippen LogP contribution in [0.5, 0.6) is 0 Å². The van der Waals surface area contributed by atoms with E-state index in [0.29, 0.717) is 5.56 Å². The highest BCUT2D eigenvalue weighted by molar-refractivity contribution is 5.87. The van der Waals surface area contributed by atoms with Gasteiger partial charge < -0.3 is 14.6 Å². The maximum absolute atomic E-state index is 10.9. The Morgan fingerprint density at radius 3 is 2.65 bits per heavy atom. The molecule has 2 aliphatic rings. The molecule has 1 unspecified atom stereocenters. The first-order valence-corrected chi connectivity index (χ1v) is 8.34. The molecule has 1 atom stereocenters. The summed E-state index contributed by atoms with van der Waals surface area (Å²) < 4.78 is 11.8. The fourth-order valence-electron chi connectivity index (χ4n) is 3.80. The van der Waals surface area contributed by atoms with Crippen LogP contribution in [0, 0.1) is 0 Å². The molecule has 1 aromatic rings. The van der Waals surface area contributed by atoms with Crippen molar-refractivity contribution in [3.05, 3.63) is 35.4 Å². The molecular weight excluding hydrogens is 294 g/mol. The van der Waals surface area contributed by atoms with Crippen LogP contribution in [0.2, 0.25) is 0 Å². The van der Waals surface area contributed by atoms with Gasteiger partial charge in [-0.05, 0) is 43.4 Å². The number of carboxylic acid groups (broad SMARTS) is 1. The Morgan fingerprint density at radius 1 is 1.35 bits per heavy atom. The van der Waals surface area contributed by atoms with E-state index < -0.39 is 5.97 Å². The number of carboxylic acids is 1. The topological polar surface area (TPSA) is 59.0 Å². The summed E-state index contributed by atoms with van der Waals surface area (Å²) in [6, 6.07) is 7.16. The normalized spacial score (nSPS) is 24.7. The summed E-state index contributed by atoms with van der Waals surface area (Å²) in [5.41, 5.74) is 1.39. The first kappa shape index (κ1) is 16.4. The Kier molecular flexibility index (Phi) is 4.99. The second-order valence-electron chi connectivity index (χ2n) is 6.56. The third-order valence-corrected chi connectivity index (χ3v) is 5.18. The molecule has 3 rings (SSSR count). The van der Waals surface area contributed by atoms with Gasteiger partial charge in [0, 0.05) is 33.4 Å². The fraction of sp³-hybridized carbons (Fsp3) is 0.611. The van der Waals surface area contributed by atoms with Crippen LogP contribution < -0.4 is 0 Å². The van der Waals surface area contributed by atoms with Gasteiger partial charge in [0.2, 0.25) is 0 Å². The Bertz CT molecular complexity index is 534. The maximum atomic E-state index is 10.9. The molecule has 1 spiro atoms. The van der Waals surface area contributed by atoms with Crippen molar-refractivity contribution in [2.75, 3.05) is 26.8 Å². The molecule has 2 saturated heterocycles. The van der Waals surface area contributed by atoms with E-state index in [0.717, 1.165) is 57.5 Å². The van der Waals surface area contributed by atoms with E-state index in [9.17, 15) is 4.79 Å². The summed E-state index contributed by atoms with van der Waals surface area (Å²) in [5, 5.41) is 8.95. The van der Waals surface area contributed by atoms with Gasteiger partial charge in [0.1, 0.15) is 0 Å². The number of carbonyl (C=O) groups is 1. The minimum absolute atomic E-state index is 0.101. The predicted octanol–water partition coefficient (Wildman–Crippen LogP) is 2.54. The van der Waals surface area contributed by atoms with Crippen LogP contribution in [-0.4, -0.2) is 54.5 Å². The lowest BCUT2D eigenvalue weighted by atomic mass is 9.81. The monoisotopic (exact) mass is 319 g/mol. The third kappa shape index (κ3) is 3.57. The highest BCUT2D eigenvalue weighted by atomic mass is 16.5. The molecule has 2 aliphatic heterocycles. The first-order valence-electron chi connectivity index (χ1n) is 8.34. The molecule has 0 saturated carbocycles. The third-order valence-electron chi connectivity index (χ3n) is 5.18. The molecule has 5 nitrogen and oxygen atoms in total. The minimum atomic E-state index is -0.878. The Morgan fingerprint density at radius 2 is 2.04 bits per heavy atom. The van der Waals surface area contributed by atoms with Gasteiger partial charge in [0.25, 0.3) is 0 Å². The van der Waals surface area contributed by atoms with Crippen molar-refractivity contribution in [1.82, 2.24) is 4.90 Å². The molecule has 0 radical (unpaired) electrons. The van der Waals surface area contributed by atoms with E-state index in [4.69, 9.17) is 14.6 Å². The van der Waals surface area contributed by atoms with Crippen molar-refractivity contribution < 1.29 is 19.4 Å². The number of hydrogen-bond acceptors (Lipinski definition) is 4. The number of benzene rings is 1. The van der Waals surface area contributed by atoms with Crippen LogP contribution in [-0.2, 0) is 16.0 Å². The summed E-state index contributed by atoms with van der Waals surface area (Å²) in [5.74, 6) is -0.878. The Hall–Kier alpha value is -1.43. The van der Waals surface area contributed by atoms with Gasteiger partial charge in [-0.1, -0.05) is 12.1 Å². The molecule has 2 heterocycles. The van der Waals surface area contributed by atoms with E-state index in [2.05, 4.69) is 4.90 Å². The molecule has 0 amide bonds. The lowest BCUT2D eigenvalue weighted by molar-refractivity contribution is -0.186. The zero-order valence-electron chi connectivity index (χ0n) is 13.7. The molecule has 0 aromatic heterocycles. The summed E-state index contributed by atoms with van der Waals surface area (Å²) in [7, 11) is 1.79. The van der Waals surface area contributed by atoms with Crippen LogP contribution in [0.1, 0.15) is 41.6 Å². The average Bonchev–Trinajstić information content (AvgIpc) is 2.58. The van der Waals surface area contributed by atoms with Crippen molar-refractivity contribution >= 4 is 5.97 Å². The van der Waals surface area contributed by atoms with Gasteiger partial charge in [0.05, 0.1) is 17.3 Å². The van der Waals surface area contributed by atoms with Crippen molar-refractivity contribution in [3.8, 4) is 0 Å². The van der Waals surface area contributed by atoms with Gasteiger partial charge in [-0.25, -0.2) is 4.79 Å². The fourth-order valence-corrected chi connectivity index (χ4v) is 3.80. The van der Waals surface area contributed by atoms with Gasteiger partial charge in [-0.15, -0.1) is 0 Å². The number of ether oxygens (including phenoxy) is 2. The number of nitrogens with zero attached hydrogens (tertiary/aromatic N) is 1. The van der Waals surface area contributed by atoms with E-state index in [-0.39, 0.29) is 11.7 Å². The number of aromatic carboxylic acids is 1. The maximum Gasteiger partial charge on any atom is 0.335 e. The first-order chi connectivity index (χ1) is 11.1. The molecule has 126 valence electrons. The Labute approximate surface area is 137 Å². The number of rotatable bonds is 4. The Balaban J connectivity index is 1.57. The predicted molar refractivity (Wildman–Crippen MR) is 86.6 cm³/mol. The van der Waals surface area contributed by atoms with Crippen molar-refractivity contribution in [2.45, 2.75) is 43.9 Å². The SMILES string of the molecule is COC1CCCOC12CCN(Cc1ccc(C(=O)O)cc1)CC2. The molecule has 2 fully saturated rings. The summed E-state index contributed by atoms with van der Waals surface area (Å²) >= 11 is 0. The van der Waals surface area contributed by atoms with Gasteiger partial charge in [0.15, 0.2) is 0 Å². The molecule has 0 bridgehead atoms. The van der Waals surface area contributed by atoms with Crippen LogP contribution in [0.3, 0.4) is 0 Å². The van der Waals surface area contributed by atoms with Gasteiger partial charge >= 0.3 is 5.97 Å². The average molecular weight is 319 g/mol. The van der Waals surface area contributed by atoms with Crippen LogP contribution >= 0.6 is 0 Å². The van der Waals surface area contributed by atoms with Gasteiger partial charge in [-0.3, -0.25) is 4.90 Å². The van der Waals surface area contributed by atoms with Gasteiger partial charge in [-0.2, -0.15) is 0 Å². The molecule has 1 N–H and O–H groups in total. The standard InChI is InChI=1S/C18H25NO4/c1-22-16-3-2-12-23-18(16)8-10-19(11-9-18)13-14-4-6-15(7-5-14)17(20)21/h4-7,16H,2-3,8-13H2,1H3,(H,20,21). The van der Waals surface area contributed by atoms with Crippen molar-refractivity contribution in [3.63, 3.8) is 0 Å². The smallest absolute Gasteiger partial charge is 0.335 e. The summed E-state index contributed by atoms with van der Waals surface area (Å²) in [4.78, 5) is 13.3. The van der Waals surface area contributed by atoms with Crippen LogP contribution in [0.25, 0.3) is 0 Å². The van der Waals surface area contributed by atoms with E-state index in [1.807, 2.05) is 12.1 Å². The minimum Gasteiger partial charge on any atom is -0.478 e. The lowest BCUT2D eigenvalue weighted by Gasteiger charge is -2.48. The second-order valence-corrected chi connectivity index (χ2v) is 6.56. The quantitative estimate of drug-likeness (QED) is 0.924. The highest BCUT2D eigenvalue weighted by Gasteiger charge is 2.44. The molecule has 0 aliphatic carbocycles. The summed E-state index contributed by atoms with van der Waals surface area (Å²) in [6.45, 7) is 3.67. The molecule has 23 heavy (non-hydrogen) atoms. The summed E-state index contributed by atoms with van der Waals surface area (Å²) in [6.07, 6.45) is 4.39. The lowest BCUT2D eigenvalue weighted by Crippen LogP contribution is -2.55. The van der Waals surface area contributed by atoms with E-state index in [1.54, 1.807) is 19.2 Å². The second kappa shape index (κ2) is 6.99. The van der Waals surface area contributed by atoms with Crippen LogP contribution in [0.4, 0.5) is 0 Å². The van der Waals surface area contributed by atoms with Crippen molar-refractivity contribution in [2.24, 2.45) is 0 Å². The zero-order valence-corrected chi connectivity index (χ0v) is 13.7. The zero-order chi connectivity index (χ0) is 16.3. The number of piperidine rings is 1. The van der Waals surface area contributed by atoms with E-state index in [1.165, 1.54) is 0 Å². The van der Waals surface area contributed by atoms with E-state index >= 15 is 0 Å². The molecule has 1 aromatic carbocycles. The largest absolute Gasteiger partial charge is 0.478 e. The number of methoxy groups -OCH3 is 1. The van der Waals surface area contributed by atoms with Crippen LogP contribution in [0.15, 0.2) is 24.3 Å².